The van der Waals surface area contributed by atoms with Gasteiger partial charge in [-0.15, -0.1) is 0 Å². The number of aryl methyl sites for hydroxylation is 1. The number of piperidine rings is 1. The van der Waals surface area contributed by atoms with Crippen LogP contribution in [-0.2, 0) is 6.54 Å². The minimum absolute atomic E-state index is 0.182. The summed E-state index contributed by atoms with van der Waals surface area (Å²) in [6, 6.07) is 0.962. The van der Waals surface area contributed by atoms with Crippen LogP contribution in [-0.4, -0.2) is 27.0 Å². The summed E-state index contributed by atoms with van der Waals surface area (Å²) < 4.78 is 0. The number of nitro groups is 1. The zero-order valence-corrected chi connectivity index (χ0v) is 13.2. The zero-order chi connectivity index (χ0) is 15.6. The molecule has 21 heavy (non-hydrogen) atoms. The van der Waals surface area contributed by atoms with Gasteiger partial charge in [0.25, 0.3) is 5.69 Å². The van der Waals surface area contributed by atoms with Crippen LogP contribution in [0.5, 0.6) is 0 Å². The summed E-state index contributed by atoms with van der Waals surface area (Å²) in [6.07, 6.45) is 5.20. The van der Waals surface area contributed by atoms with Gasteiger partial charge in [-0.3, -0.25) is 15.1 Å². The molecule has 0 aliphatic carbocycles. The maximum absolute atomic E-state index is 11.2. The van der Waals surface area contributed by atoms with Crippen LogP contribution < -0.4 is 5.43 Å². The Morgan fingerprint density at radius 3 is 2.57 bits per heavy atom. The molecular formula is C15H24N4O2. The topological polar surface area (TPSA) is 71.3 Å². The summed E-state index contributed by atoms with van der Waals surface area (Å²) in [5, 5.41) is 13.4. The van der Waals surface area contributed by atoms with Crippen LogP contribution in [0.4, 0.5) is 5.69 Å². The molecule has 1 aliphatic rings. The Kier molecular flexibility index (Phi) is 4.90. The number of hydrogen-bond donors (Lipinski definition) is 1. The predicted octanol–water partition coefficient (Wildman–Crippen LogP) is 2.87. The number of aromatic nitrogens is 1. The molecule has 2 atom stereocenters. The van der Waals surface area contributed by atoms with Gasteiger partial charge in [-0.05, 0) is 40.5 Å². The van der Waals surface area contributed by atoms with Gasteiger partial charge in [0, 0.05) is 29.4 Å². The van der Waals surface area contributed by atoms with Gasteiger partial charge in [-0.1, -0.05) is 6.42 Å². The molecule has 0 amide bonds. The minimum atomic E-state index is -0.317. The fourth-order valence-corrected chi connectivity index (χ4v) is 3.12. The first-order valence-corrected chi connectivity index (χ1v) is 7.53. The molecule has 0 bridgehead atoms. The van der Waals surface area contributed by atoms with Crippen LogP contribution in [0.2, 0.25) is 0 Å². The third kappa shape index (κ3) is 3.39. The van der Waals surface area contributed by atoms with Gasteiger partial charge in [0.05, 0.1) is 17.2 Å². The second-order valence-corrected chi connectivity index (χ2v) is 5.99. The Balaban J connectivity index is 2.13. The molecule has 0 radical (unpaired) electrons. The first kappa shape index (κ1) is 15.9. The average Bonchev–Trinajstić information content (AvgIpc) is 2.40. The largest absolute Gasteiger partial charge is 0.278 e. The Hall–Kier alpha value is -1.53. The van der Waals surface area contributed by atoms with Crippen LogP contribution in [0.15, 0.2) is 6.20 Å². The van der Waals surface area contributed by atoms with Crippen molar-refractivity contribution in [2.24, 2.45) is 0 Å². The van der Waals surface area contributed by atoms with Gasteiger partial charge < -0.3 is 0 Å². The van der Waals surface area contributed by atoms with E-state index in [1.54, 1.807) is 20.0 Å². The van der Waals surface area contributed by atoms with Crippen LogP contribution in [0.3, 0.4) is 0 Å². The molecule has 6 nitrogen and oxygen atoms in total. The van der Waals surface area contributed by atoms with Crippen molar-refractivity contribution in [3.8, 4) is 0 Å². The maximum atomic E-state index is 11.2. The average molecular weight is 292 g/mol. The van der Waals surface area contributed by atoms with E-state index in [0.29, 0.717) is 29.8 Å². The standard InChI is InChI=1S/C15H24N4O2/c1-10-8-16-14(13(4)15(10)19(20)21)9-17-18-11(2)6-5-7-12(18)3/h8,11-12,17H,5-7,9H2,1-4H3. The number of hydrazine groups is 1. The zero-order valence-electron chi connectivity index (χ0n) is 13.2. The van der Waals surface area contributed by atoms with Crippen LogP contribution >= 0.6 is 0 Å². The molecule has 1 aromatic rings. The van der Waals surface area contributed by atoms with E-state index in [2.05, 4.69) is 29.3 Å². The Morgan fingerprint density at radius 1 is 1.38 bits per heavy atom. The highest BCUT2D eigenvalue weighted by Crippen LogP contribution is 2.25. The number of rotatable bonds is 4. The molecule has 2 heterocycles. The molecule has 2 unspecified atom stereocenters. The van der Waals surface area contributed by atoms with E-state index in [4.69, 9.17) is 0 Å². The van der Waals surface area contributed by atoms with Crippen molar-refractivity contribution in [1.29, 1.82) is 0 Å². The van der Waals surface area contributed by atoms with Crippen molar-refractivity contribution >= 4 is 5.69 Å². The molecule has 0 aromatic carbocycles. The first-order chi connectivity index (χ1) is 9.91. The number of nitrogens with one attached hydrogen (secondary N) is 1. The number of hydrogen-bond acceptors (Lipinski definition) is 5. The van der Waals surface area contributed by atoms with Gasteiger partial charge in [0.2, 0.25) is 0 Å². The van der Waals surface area contributed by atoms with E-state index >= 15 is 0 Å². The van der Waals surface area contributed by atoms with Crippen LogP contribution in [0.1, 0.15) is 49.9 Å². The molecule has 0 saturated carbocycles. The van der Waals surface area contributed by atoms with Gasteiger partial charge in [0.15, 0.2) is 0 Å². The van der Waals surface area contributed by atoms with E-state index in [1.807, 2.05) is 0 Å². The van der Waals surface area contributed by atoms with E-state index < -0.39 is 0 Å². The molecule has 1 aliphatic heterocycles. The van der Waals surface area contributed by atoms with Crippen LogP contribution in [0, 0.1) is 24.0 Å². The fraction of sp³-hybridized carbons (Fsp3) is 0.667. The molecule has 116 valence electrons. The SMILES string of the molecule is Cc1cnc(CNN2C(C)CCCC2C)c(C)c1[N+](=O)[O-]. The Morgan fingerprint density at radius 2 is 2.00 bits per heavy atom. The molecule has 1 N–H and O–H groups in total. The van der Waals surface area contributed by atoms with Gasteiger partial charge in [0.1, 0.15) is 0 Å². The highest BCUT2D eigenvalue weighted by Gasteiger charge is 2.25. The van der Waals surface area contributed by atoms with E-state index in [1.165, 1.54) is 19.3 Å². The molecule has 1 saturated heterocycles. The summed E-state index contributed by atoms with van der Waals surface area (Å²) in [6.45, 7) is 8.45. The summed E-state index contributed by atoms with van der Waals surface area (Å²) in [5.41, 5.74) is 5.61. The minimum Gasteiger partial charge on any atom is -0.259 e. The van der Waals surface area contributed by atoms with E-state index in [-0.39, 0.29) is 10.6 Å². The second-order valence-electron chi connectivity index (χ2n) is 5.99. The van der Waals surface area contributed by atoms with E-state index in [0.717, 1.165) is 5.69 Å². The first-order valence-electron chi connectivity index (χ1n) is 7.53. The fourth-order valence-electron chi connectivity index (χ4n) is 3.12. The number of pyridine rings is 1. The van der Waals surface area contributed by atoms with Crippen molar-refractivity contribution < 1.29 is 4.92 Å². The van der Waals surface area contributed by atoms with Crippen molar-refractivity contribution in [2.45, 2.75) is 65.6 Å². The normalized spacial score (nSPS) is 23.2. The quantitative estimate of drug-likeness (QED) is 0.682. The molecule has 6 heteroatoms. The summed E-state index contributed by atoms with van der Waals surface area (Å²) >= 11 is 0. The monoisotopic (exact) mass is 292 g/mol. The second kappa shape index (κ2) is 6.49. The summed E-state index contributed by atoms with van der Waals surface area (Å²) in [7, 11) is 0. The van der Waals surface area contributed by atoms with E-state index in [9.17, 15) is 10.1 Å². The van der Waals surface area contributed by atoms with Gasteiger partial charge >= 0.3 is 0 Å². The van der Waals surface area contributed by atoms with Gasteiger partial charge in [-0.2, -0.15) is 0 Å². The van der Waals surface area contributed by atoms with Crippen molar-refractivity contribution in [1.82, 2.24) is 15.4 Å². The summed E-state index contributed by atoms with van der Waals surface area (Å²) in [5.74, 6) is 0. The third-order valence-corrected chi connectivity index (χ3v) is 4.38. The Labute approximate surface area is 125 Å². The lowest BCUT2D eigenvalue weighted by Gasteiger charge is -2.39. The smallest absolute Gasteiger partial charge is 0.259 e. The molecule has 1 aromatic heterocycles. The lowest BCUT2D eigenvalue weighted by Crippen LogP contribution is -2.51. The Bertz CT molecular complexity index is 523. The molecule has 2 rings (SSSR count). The maximum Gasteiger partial charge on any atom is 0.278 e. The highest BCUT2D eigenvalue weighted by atomic mass is 16.6. The highest BCUT2D eigenvalue weighted by molar-refractivity contribution is 5.47. The third-order valence-electron chi connectivity index (χ3n) is 4.38. The summed E-state index contributed by atoms with van der Waals surface area (Å²) in [4.78, 5) is 15.2. The predicted molar refractivity (Wildman–Crippen MR) is 81.8 cm³/mol. The van der Waals surface area contributed by atoms with Crippen molar-refractivity contribution in [3.05, 3.63) is 33.1 Å². The van der Waals surface area contributed by atoms with Crippen molar-refractivity contribution in [3.63, 3.8) is 0 Å². The van der Waals surface area contributed by atoms with Crippen LogP contribution in [0.25, 0.3) is 0 Å². The number of nitrogens with zero attached hydrogens (tertiary/aromatic N) is 3. The van der Waals surface area contributed by atoms with Crippen molar-refractivity contribution in [2.75, 3.05) is 0 Å². The lowest BCUT2D eigenvalue weighted by molar-refractivity contribution is -0.386. The lowest BCUT2D eigenvalue weighted by atomic mass is 10.00. The molecule has 0 spiro atoms. The molecule has 1 fully saturated rings. The van der Waals surface area contributed by atoms with Gasteiger partial charge in [-0.25, -0.2) is 10.4 Å². The molecular weight excluding hydrogens is 268 g/mol.